The number of nitrogens with zero attached hydrogens (tertiary/aromatic N) is 6. The molecule has 11 nitrogen and oxygen atoms in total. The van der Waals surface area contributed by atoms with Crippen molar-refractivity contribution in [3.63, 3.8) is 0 Å². The van der Waals surface area contributed by atoms with Crippen molar-refractivity contribution in [2.24, 2.45) is 0 Å². The molecule has 0 saturated heterocycles. The van der Waals surface area contributed by atoms with Crippen LogP contribution in [0.3, 0.4) is 0 Å². The molecule has 0 radical (unpaired) electrons. The van der Waals surface area contributed by atoms with Gasteiger partial charge >= 0.3 is 0 Å². The number of ether oxygens (including phenoxy) is 3. The second kappa shape index (κ2) is 11.6. The maximum absolute atomic E-state index is 13.7. The van der Waals surface area contributed by atoms with E-state index >= 15 is 0 Å². The van der Waals surface area contributed by atoms with Crippen molar-refractivity contribution in [1.82, 2.24) is 29.7 Å². The minimum atomic E-state index is -3.96. The molecular formula is C25H27FN6O5S. The van der Waals surface area contributed by atoms with E-state index in [0.29, 0.717) is 28.7 Å². The molecule has 0 N–H and O–H groups in total. The summed E-state index contributed by atoms with van der Waals surface area (Å²) in [4.78, 5) is 12.3. The maximum atomic E-state index is 13.7. The van der Waals surface area contributed by atoms with E-state index in [4.69, 9.17) is 14.2 Å². The number of methoxy groups -OCH3 is 2. The summed E-state index contributed by atoms with van der Waals surface area (Å²) in [5.74, 6) is 0.150. The highest BCUT2D eigenvalue weighted by Gasteiger charge is 2.35. The first-order valence-corrected chi connectivity index (χ1v) is 13.4. The molecule has 0 aliphatic rings. The van der Waals surface area contributed by atoms with Crippen LogP contribution in [0.5, 0.6) is 11.5 Å². The first-order chi connectivity index (χ1) is 18.3. The van der Waals surface area contributed by atoms with Gasteiger partial charge in [-0.2, -0.15) is 0 Å². The number of rotatable bonds is 11. The molecule has 0 aliphatic carbocycles. The molecule has 2 atom stereocenters. The molecule has 0 amide bonds. The van der Waals surface area contributed by atoms with Crippen LogP contribution in [0.1, 0.15) is 31.6 Å². The van der Waals surface area contributed by atoms with Gasteiger partial charge in [0.05, 0.1) is 31.9 Å². The lowest BCUT2D eigenvalue weighted by molar-refractivity contribution is 0.0555. The summed E-state index contributed by atoms with van der Waals surface area (Å²) in [5, 5.41) is 7.42. The third kappa shape index (κ3) is 5.48. The number of hydrogen-bond donors (Lipinski definition) is 0. The Morgan fingerprint density at radius 2 is 1.66 bits per heavy atom. The second-order valence-corrected chi connectivity index (χ2v) is 10.5. The predicted octanol–water partition coefficient (Wildman–Crippen LogP) is 3.36. The summed E-state index contributed by atoms with van der Waals surface area (Å²) in [7, 11) is -0.962. The molecule has 1 aromatic carbocycles. The molecule has 0 aliphatic heterocycles. The van der Waals surface area contributed by atoms with E-state index in [-0.39, 0.29) is 18.3 Å². The minimum absolute atomic E-state index is 0.0614. The first-order valence-electron chi connectivity index (χ1n) is 11.7. The average Bonchev–Trinajstić information content (AvgIpc) is 3.34. The Morgan fingerprint density at radius 1 is 0.974 bits per heavy atom. The number of benzene rings is 1. The van der Waals surface area contributed by atoms with Gasteiger partial charge in [0.15, 0.2) is 33.1 Å². The molecule has 0 spiro atoms. The molecule has 4 aromatic rings. The zero-order valence-corrected chi connectivity index (χ0v) is 22.1. The zero-order chi connectivity index (χ0) is 27.3. The fourth-order valence-corrected chi connectivity index (χ4v) is 5.31. The van der Waals surface area contributed by atoms with E-state index in [0.717, 1.165) is 12.4 Å². The van der Waals surface area contributed by atoms with Crippen molar-refractivity contribution >= 4 is 9.84 Å². The summed E-state index contributed by atoms with van der Waals surface area (Å²) in [5.41, 5.74) is 0.890. The van der Waals surface area contributed by atoms with Gasteiger partial charge in [-0.1, -0.05) is 12.1 Å². The van der Waals surface area contributed by atoms with Gasteiger partial charge in [0, 0.05) is 12.8 Å². The van der Waals surface area contributed by atoms with Gasteiger partial charge in [-0.25, -0.2) is 22.8 Å². The fourth-order valence-electron chi connectivity index (χ4n) is 3.93. The molecule has 13 heteroatoms. The van der Waals surface area contributed by atoms with Crippen LogP contribution >= 0.6 is 0 Å². The lowest BCUT2D eigenvalue weighted by atomic mass is 10.2. The van der Waals surface area contributed by atoms with Crippen molar-refractivity contribution in [2.75, 3.05) is 20.8 Å². The van der Waals surface area contributed by atoms with Crippen LogP contribution in [-0.2, 0) is 20.3 Å². The van der Waals surface area contributed by atoms with Crippen LogP contribution in [0.15, 0.2) is 55.0 Å². The summed E-state index contributed by atoms with van der Waals surface area (Å²) in [6.45, 7) is 3.41. The van der Waals surface area contributed by atoms with E-state index in [9.17, 15) is 12.8 Å². The molecule has 4 rings (SSSR count). The van der Waals surface area contributed by atoms with Gasteiger partial charge in [-0.15, -0.1) is 10.2 Å². The quantitative estimate of drug-likeness (QED) is 0.278. The van der Waals surface area contributed by atoms with Crippen molar-refractivity contribution in [1.29, 1.82) is 0 Å². The van der Waals surface area contributed by atoms with Crippen LogP contribution in [-0.4, -0.2) is 64.2 Å². The number of para-hydroxylation sites is 1. The highest BCUT2D eigenvalue weighted by molar-refractivity contribution is 7.91. The van der Waals surface area contributed by atoms with Crippen LogP contribution < -0.4 is 9.47 Å². The van der Waals surface area contributed by atoms with Gasteiger partial charge in [0.2, 0.25) is 0 Å². The lowest BCUT2D eigenvalue weighted by Gasteiger charge is -2.23. The molecule has 3 heterocycles. The third-order valence-corrected chi connectivity index (χ3v) is 7.85. The molecule has 0 fully saturated rings. The predicted molar refractivity (Wildman–Crippen MR) is 136 cm³/mol. The summed E-state index contributed by atoms with van der Waals surface area (Å²) >= 11 is 0. The Balaban J connectivity index is 1.83. The molecule has 0 bridgehead atoms. The first kappa shape index (κ1) is 27.1. The van der Waals surface area contributed by atoms with Crippen molar-refractivity contribution in [3.05, 3.63) is 72.5 Å². The largest absolute Gasteiger partial charge is 0.494 e. The van der Waals surface area contributed by atoms with Gasteiger partial charge < -0.3 is 14.2 Å². The van der Waals surface area contributed by atoms with Crippen molar-refractivity contribution < 1.29 is 27.0 Å². The molecule has 3 aromatic heterocycles. The number of hydrogen-bond acceptors (Lipinski definition) is 10. The number of aromatic nitrogens is 6. The maximum Gasteiger partial charge on any atom is 0.187 e. The minimum Gasteiger partial charge on any atom is -0.494 e. The van der Waals surface area contributed by atoms with Crippen molar-refractivity contribution in [2.45, 2.75) is 31.0 Å². The molecule has 38 heavy (non-hydrogen) atoms. The Morgan fingerprint density at radius 3 is 2.24 bits per heavy atom. The van der Waals surface area contributed by atoms with Gasteiger partial charge in [-0.3, -0.25) is 9.55 Å². The number of halogens is 1. The SMILES string of the molecule is CCO[C@H](c1ncc(F)cn1)[C@H](C)S(=O)(=O)Cc1nnc(-c2ccccn2)n1-c1c(OC)cccc1OC. The monoisotopic (exact) mass is 542 g/mol. The average molecular weight is 543 g/mol. The normalized spacial score (nSPS) is 13.2. The molecule has 0 saturated carbocycles. The van der Waals surface area contributed by atoms with Crippen LogP contribution in [0.2, 0.25) is 0 Å². The number of pyridine rings is 1. The van der Waals surface area contributed by atoms with Crippen LogP contribution in [0.4, 0.5) is 4.39 Å². The molecule has 0 unspecified atom stereocenters. The Hall–Kier alpha value is -3.97. The van der Waals surface area contributed by atoms with Crippen LogP contribution in [0, 0.1) is 5.82 Å². The Kier molecular flexibility index (Phi) is 8.27. The van der Waals surface area contributed by atoms with Gasteiger partial charge in [0.1, 0.15) is 34.7 Å². The zero-order valence-electron chi connectivity index (χ0n) is 21.3. The second-order valence-electron chi connectivity index (χ2n) is 8.15. The van der Waals surface area contributed by atoms with E-state index in [1.165, 1.54) is 21.1 Å². The highest BCUT2D eigenvalue weighted by Crippen LogP contribution is 2.37. The standard InChI is InChI=1S/C25H27FN6O5S/c1-5-37-23(24-28-13-17(26)14-29-24)16(2)38(33,34)15-21-30-31-25(18-9-6-7-12-27-18)32(21)22-19(35-3)10-8-11-20(22)36-4/h6-14,16,23H,5,15H2,1-4H3/t16-,23-/m0/s1. The van der Waals surface area contributed by atoms with Gasteiger partial charge in [-0.05, 0) is 38.1 Å². The van der Waals surface area contributed by atoms with E-state index in [1.807, 2.05) is 0 Å². The van der Waals surface area contributed by atoms with Gasteiger partial charge in [0.25, 0.3) is 0 Å². The van der Waals surface area contributed by atoms with E-state index in [1.54, 1.807) is 54.1 Å². The van der Waals surface area contributed by atoms with Crippen molar-refractivity contribution in [3.8, 4) is 28.7 Å². The highest BCUT2D eigenvalue weighted by atomic mass is 32.2. The molecular weight excluding hydrogens is 515 g/mol. The summed E-state index contributed by atoms with van der Waals surface area (Å²) < 4.78 is 59.3. The third-order valence-electron chi connectivity index (χ3n) is 5.81. The lowest BCUT2D eigenvalue weighted by Crippen LogP contribution is -2.30. The Bertz CT molecular complexity index is 1460. The molecule has 200 valence electrons. The fraction of sp³-hybridized carbons (Fsp3) is 0.320. The Labute approximate surface area is 219 Å². The summed E-state index contributed by atoms with van der Waals surface area (Å²) in [6.07, 6.45) is 2.51. The van der Waals surface area contributed by atoms with E-state index < -0.39 is 32.8 Å². The topological polar surface area (TPSA) is 131 Å². The summed E-state index contributed by atoms with van der Waals surface area (Å²) in [6, 6.07) is 10.5. The smallest absolute Gasteiger partial charge is 0.187 e. The van der Waals surface area contributed by atoms with E-state index in [2.05, 4.69) is 25.1 Å². The van der Waals surface area contributed by atoms with Crippen LogP contribution in [0.25, 0.3) is 17.2 Å². The number of sulfone groups is 1.